The second kappa shape index (κ2) is 3.51. The van der Waals surface area contributed by atoms with E-state index < -0.39 is 10.0 Å². The van der Waals surface area contributed by atoms with E-state index in [9.17, 15) is 8.42 Å². The van der Waals surface area contributed by atoms with Crippen LogP contribution in [0.25, 0.3) is 0 Å². The largest absolute Gasteiger partial charge is 0.508 e. The van der Waals surface area contributed by atoms with Crippen molar-refractivity contribution in [3.63, 3.8) is 0 Å². The quantitative estimate of drug-likeness (QED) is 0.645. The number of nitrogens with one attached hydrogen (secondary N) is 1. The van der Waals surface area contributed by atoms with E-state index in [0.717, 1.165) is 11.0 Å². The van der Waals surface area contributed by atoms with Crippen LogP contribution in [0, 0.1) is 0 Å². The summed E-state index contributed by atoms with van der Waals surface area (Å²) in [7, 11) is -4.04. The molecule has 1 aromatic carbocycles. The van der Waals surface area contributed by atoms with E-state index in [-0.39, 0.29) is 15.7 Å². The molecule has 0 aliphatic rings. The van der Waals surface area contributed by atoms with Gasteiger partial charge in [-0.15, -0.1) is 0 Å². The molecule has 1 aromatic rings. The normalized spacial score (nSPS) is 11.5. The zero-order chi connectivity index (χ0) is 10.1. The molecule has 0 aliphatic carbocycles. The Bertz CT molecular complexity index is 417. The summed E-state index contributed by atoms with van der Waals surface area (Å²) in [6.45, 7) is 0. The van der Waals surface area contributed by atoms with Crippen LogP contribution in [0.5, 0.6) is 5.75 Å². The van der Waals surface area contributed by atoms with Gasteiger partial charge in [-0.1, -0.05) is 16.5 Å². The van der Waals surface area contributed by atoms with Gasteiger partial charge in [0.15, 0.2) is 0 Å². The number of aromatic hydroxyl groups is 1. The molecule has 0 radical (unpaired) electrons. The lowest BCUT2D eigenvalue weighted by Crippen LogP contribution is -2.19. The van der Waals surface area contributed by atoms with E-state index in [1.807, 2.05) is 0 Å². The molecule has 3 N–H and O–H groups in total. The van der Waals surface area contributed by atoms with E-state index in [1.54, 1.807) is 0 Å². The van der Waals surface area contributed by atoms with Crippen molar-refractivity contribution >= 4 is 21.6 Å². The molecule has 72 valence electrons. The van der Waals surface area contributed by atoms with Gasteiger partial charge in [-0.25, -0.2) is 8.42 Å². The van der Waals surface area contributed by atoms with Crippen molar-refractivity contribution in [2.75, 3.05) is 0 Å². The van der Waals surface area contributed by atoms with Crippen molar-refractivity contribution in [2.45, 2.75) is 4.90 Å². The Morgan fingerprint density at radius 1 is 1.38 bits per heavy atom. The van der Waals surface area contributed by atoms with Gasteiger partial charge in [-0.05, 0) is 12.1 Å². The summed E-state index contributed by atoms with van der Waals surface area (Å²) < 4.78 is 22.0. The highest BCUT2D eigenvalue weighted by molar-refractivity contribution is 7.89. The van der Waals surface area contributed by atoms with Crippen molar-refractivity contribution in [1.29, 1.82) is 0 Å². The van der Waals surface area contributed by atoms with Gasteiger partial charge in [0.05, 0.1) is 5.02 Å². The van der Waals surface area contributed by atoms with Crippen molar-refractivity contribution in [3.8, 4) is 5.75 Å². The van der Waals surface area contributed by atoms with Crippen LogP contribution in [-0.4, -0.2) is 18.7 Å². The van der Waals surface area contributed by atoms with Crippen LogP contribution in [0.3, 0.4) is 0 Å². The van der Waals surface area contributed by atoms with E-state index >= 15 is 0 Å². The first-order valence-corrected chi connectivity index (χ1v) is 4.98. The first-order valence-electron chi connectivity index (χ1n) is 3.12. The van der Waals surface area contributed by atoms with Gasteiger partial charge in [-0.3, -0.25) is 0 Å². The van der Waals surface area contributed by atoms with Crippen molar-refractivity contribution < 1.29 is 18.7 Å². The van der Waals surface area contributed by atoms with Crippen molar-refractivity contribution in [3.05, 3.63) is 23.2 Å². The number of phenols is 1. The first kappa shape index (κ1) is 10.3. The van der Waals surface area contributed by atoms with Gasteiger partial charge in [-0.2, -0.15) is 0 Å². The number of rotatable bonds is 2. The zero-order valence-corrected chi connectivity index (χ0v) is 7.80. The highest BCUT2D eigenvalue weighted by Gasteiger charge is 2.17. The van der Waals surface area contributed by atoms with Gasteiger partial charge < -0.3 is 10.3 Å². The zero-order valence-electron chi connectivity index (χ0n) is 6.23. The first-order chi connectivity index (χ1) is 5.97. The van der Waals surface area contributed by atoms with Gasteiger partial charge >= 0.3 is 0 Å². The number of hydrogen-bond acceptors (Lipinski definition) is 4. The Hall–Kier alpha value is -0.820. The highest BCUT2D eigenvalue weighted by atomic mass is 35.5. The molecule has 7 heteroatoms. The average Bonchev–Trinajstić information content (AvgIpc) is 2.09. The summed E-state index contributed by atoms with van der Waals surface area (Å²) in [5, 5.41) is 17.2. The Kier molecular flexibility index (Phi) is 2.77. The molecular weight excluding hydrogens is 218 g/mol. The third kappa shape index (κ3) is 2.10. The summed E-state index contributed by atoms with van der Waals surface area (Å²) in [6, 6.07) is 3.38. The molecule has 5 nitrogen and oxygen atoms in total. The Labute approximate surface area is 79.6 Å². The molecule has 0 atom stereocenters. The third-order valence-electron chi connectivity index (χ3n) is 1.32. The Balaban J connectivity index is 3.38. The van der Waals surface area contributed by atoms with Crippen LogP contribution in [0.2, 0.25) is 5.02 Å². The predicted octanol–water partition coefficient (Wildman–Crippen LogP) is 0.713. The molecule has 1 rings (SSSR count). The molecule has 0 aliphatic heterocycles. The van der Waals surface area contributed by atoms with E-state index in [1.165, 1.54) is 12.1 Å². The number of halogens is 1. The second-order valence-electron chi connectivity index (χ2n) is 2.21. The van der Waals surface area contributed by atoms with Gasteiger partial charge in [0.25, 0.3) is 10.0 Å². The van der Waals surface area contributed by atoms with E-state index in [2.05, 4.69) is 0 Å². The monoisotopic (exact) mass is 223 g/mol. The Morgan fingerprint density at radius 2 is 2.00 bits per heavy atom. The van der Waals surface area contributed by atoms with E-state index in [0.29, 0.717) is 0 Å². The van der Waals surface area contributed by atoms with Crippen molar-refractivity contribution in [2.24, 2.45) is 0 Å². The number of benzene rings is 1. The van der Waals surface area contributed by atoms with Crippen molar-refractivity contribution in [1.82, 2.24) is 4.89 Å². The lowest BCUT2D eigenvalue weighted by atomic mass is 10.3. The smallest absolute Gasteiger partial charge is 0.263 e. The lowest BCUT2D eigenvalue weighted by molar-refractivity contribution is 0.242. The molecule has 0 bridgehead atoms. The summed E-state index contributed by atoms with van der Waals surface area (Å²) in [6.07, 6.45) is 0. The van der Waals surface area contributed by atoms with E-state index in [4.69, 9.17) is 21.9 Å². The van der Waals surface area contributed by atoms with Crippen LogP contribution in [0.15, 0.2) is 23.1 Å². The minimum absolute atomic E-state index is 0.0839. The summed E-state index contributed by atoms with van der Waals surface area (Å²) in [4.78, 5) is 0.724. The standard InChI is InChI=1S/C6H6ClNO4S/c7-5-2-1-4(9)3-6(5)13(11,12)8-10/h1-3,8-10H. The molecule has 0 heterocycles. The average molecular weight is 224 g/mol. The highest BCUT2D eigenvalue weighted by Crippen LogP contribution is 2.24. The predicted molar refractivity (Wildman–Crippen MR) is 45.2 cm³/mol. The molecule has 0 unspecified atom stereocenters. The van der Waals surface area contributed by atoms with Crippen LogP contribution in [-0.2, 0) is 10.0 Å². The fraction of sp³-hybridized carbons (Fsp3) is 0. The molecule has 0 saturated heterocycles. The van der Waals surface area contributed by atoms with Crippen LogP contribution < -0.4 is 4.89 Å². The van der Waals surface area contributed by atoms with Gasteiger partial charge in [0.1, 0.15) is 10.6 Å². The summed E-state index contributed by atoms with van der Waals surface area (Å²) >= 11 is 5.52. The van der Waals surface area contributed by atoms with Crippen LogP contribution in [0.4, 0.5) is 0 Å². The summed E-state index contributed by atoms with van der Waals surface area (Å²) in [5.74, 6) is -0.252. The maximum absolute atomic E-state index is 11.0. The third-order valence-corrected chi connectivity index (χ3v) is 2.92. The minimum Gasteiger partial charge on any atom is -0.508 e. The number of sulfonamides is 1. The second-order valence-corrected chi connectivity index (χ2v) is 4.25. The molecule has 0 spiro atoms. The topological polar surface area (TPSA) is 86.6 Å². The number of phenolic OH excluding ortho intramolecular Hbond substituents is 1. The molecule has 0 fully saturated rings. The number of hydrogen-bond donors (Lipinski definition) is 3. The van der Waals surface area contributed by atoms with Gasteiger partial charge in [0.2, 0.25) is 0 Å². The Morgan fingerprint density at radius 3 is 2.54 bits per heavy atom. The maximum atomic E-state index is 11.0. The molecule has 0 amide bonds. The molecule has 0 aromatic heterocycles. The van der Waals surface area contributed by atoms with Crippen LogP contribution >= 0.6 is 11.6 Å². The summed E-state index contributed by atoms with van der Waals surface area (Å²) in [5.41, 5.74) is 0. The van der Waals surface area contributed by atoms with Gasteiger partial charge in [0, 0.05) is 6.07 Å². The van der Waals surface area contributed by atoms with Crippen LogP contribution in [0.1, 0.15) is 0 Å². The molecule has 0 saturated carbocycles. The maximum Gasteiger partial charge on any atom is 0.263 e. The lowest BCUT2D eigenvalue weighted by Gasteiger charge is -2.03. The minimum atomic E-state index is -4.04. The molecular formula is C6H6ClNO4S. The SMILES string of the molecule is O=S(=O)(NO)c1cc(O)ccc1Cl. The fourth-order valence-electron chi connectivity index (χ4n) is 0.747. The molecule has 13 heavy (non-hydrogen) atoms. The fourth-order valence-corrected chi connectivity index (χ4v) is 1.87.